The normalized spacial score (nSPS) is 12.2. The van der Waals surface area contributed by atoms with Gasteiger partial charge in [0.15, 0.2) is 0 Å². The maximum Gasteiger partial charge on any atom is 0.238 e. The quantitative estimate of drug-likeness (QED) is 0.799. The summed E-state index contributed by atoms with van der Waals surface area (Å²) in [7, 11) is 0. The molecule has 1 aromatic rings. The molecule has 0 aromatic heterocycles. The van der Waals surface area contributed by atoms with E-state index in [1.807, 2.05) is 13.8 Å². The Morgan fingerprint density at radius 3 is 2.94 bits per heavy atom. The summed E-state index contributed by atoms with van der Waals surface area (Å²) in [6, 6.07) is 7.22. The molecule has 100 valence electrons. The van der Waals surface area contributed by atoms with Gasteiger partial charge in [-0.1, -0.05) is 17.7 Å². The van der Waals surface area contributed by atoms with Gasteiger partial charge in [-0.3, -0.25) is 4.79 Å². The number of benzene rings is 1. The van der Waals surface area contributed by atoms with Gasteiger partial charge in [-0.25, -0.2) is 0 Å². The van der Waals surface area contributed by atoms with Gasteiger partial charge in [0.05, 0.1) is 13.2 Å². The molecule has 0 radical (unpaired) electrons. The molecule has 4 nitrogen and oxygen atoms in total. The third-order valence-electron chi connectivity index (χ3n) is 2.29. The van der Waals surface area contributed by atoms with Crippen LogP contribution in [-0.4, -0.2) is 31.7 Å². The highest BCUT2D eigenvalue weighted by Crippen LogP contribution is 2.14. The van der Waals surface area contributed by atoms with Gasteiger partial charge in [0, 0.05) is 23.4 Å². The van der Waals surface area contributed by atoms with Crippen molar-refractivity contribution >= 4 is 23.2 Å². The fourth-order valence-electron chi connectivity index (χ4n) is 1.39. The maximum atomic E-state index is 11.6. The van der Waals surface area contributed by atoms with E-state index in [1.54, 1.807) is 24.3 Å². The summed E-state index contributed by atoms with van der Waals surface area (Å²) in [5.74, 6) is -0.0967. The number of nitrogens with one attached hydrogen (secondary N) is 2. The van der Waals surface area contributed by atoms with Crippen molar-refractivity contribution in [2.45, 2.75) is 19.9 Å². The molecule has 5 heteroatoms. The summed E-state index contributed by atoms with van der Waals surface area (Å²) in [5, 5.41) is 6.45. The molecule has 1 unspecified atom stereocenters. The van der Waals surface area contributed by atoms with Crippen molar-refractivity contribution in [3.8, 4) is 0 Å². The van der Waals surface area contributed by atoms with Crippen LogP contribution < -0.4 is 10.6 Å². The van der Waals surface area contributed by atoms with Crippen LogP contribution in [0.5, 0.6) is 0 Å². The molecule has 0 fully saturated rings. The van der Waals surface area contributed by atoms with Crippen molar-refractivity contribution in [3.63, 3.8) is 0 Å². The molecule has 1 rings (SSSR count). The fraction of sp³-hybridized carbons (Fsp3) is 0.462. The summed E-state index contributed by atoms with van der Waals surface area (Å²) >= 11 is 5.83. The van der Waals surface area contributed by atoms with Crippen LogP contribution in [0.4, 0.5) is 5.69 Å². The third kappa shape index (κ3) is 6.00. The second-order valence-electron chi connectivity index (χ2n) is 4.00. The number of amides is 1. The number of carbonyl (C=O) groups excluding carboxylic acids is 1. The molecule has 1 aromatic carbocycles. The Morgan fingerprint density at radius 1 is 1.50 bits per heavy atom. The van der Waals surface area contributed by atoms with E-state index >= 15 is 0 Å². The maximum absolute atomic E-state index is 11.6. The van der Waals surface area contributed by atoms with E-state index in [0.717, 1.165) is 0 Å². The van der Waals surface area contributed by atoms with Gasteiger partial charge >= 0.3 is 0 Å². The highest BCUT2D eigenvalue weighted by atomic mass is 35.5. The first-order valence-electron chi connectivity index (χ1n) is 5.98. The van der Waals surface area contributed by atoms with Crippen LogP contribution in [0, 0.1) is 0 Å². The Hall–Kier alpha value is -1.10. The monoisotopic (exact) mass is 270 g/mol. The molecule has 0 aliphatic carbocycles. The van der Waals surface area contributed by atoms with E-state index in [0.29, 0.717) is 23.9 Å². The summed E-state index contributed by atoms with van der Waals surface area (Å²) in [5.41, 5.74) is 0.701. The summed E-state index contributed by atoms with van der Waals surface area (Å²) in [4.78, 5) is 11.6. The van der Waals surface area contributed by atoms with Gasteiger partial charge in [-0.15, -0.1) is 0 Å². The fourth-order valence-corrected chi connectivity index (χ4v) is 1.58. The number of anilines is 1. The van der Waals surface area contributed by atoms with E-state index in [2.05, 4.69) is 10.6 Å². The second kappa shape index (κ2) is 8.08. The predicted octanol–water partition coefficient (Wildman–Crippen LogP) is 2.29. The summed E-state index contributed by atoms with van der Waals surface area (Å²) in [6.45, 7) is 5.45. The van der Waals surface area contributed by atoms with Crippen LogP contribution in [0.3, 0.4) is 0 Å². The number of carbonyl (C=O) groups is 1. The molecule has 0 saturated carbocycles. The van der Waals surface area contributed by atoms with Crippen LogP contribution in [-0.2, 0) is 9.53 Å². The molecule has 0 bridgehead atoms. The Balaban J connectivity index is 2.29. The first kappa shape index (κ1) is 15.0. The lowest BCUT2D eigenvalue weighted by Gasteiger charge is -2.13. The topological polar surface area (TPSA) is 50.4 Å². The number of hydrogen-bond acceptors (Lipinski definition) is 3. The average molecular weight is 271 g/mol. The number of rotatable bonds is 7. The van der Waals surface area contributed by atoms with E-state index < -0.39 is 0 Å². The van der Waals surface area contributed by atoms with Crippen molar-refractivity contribution < 1.29 is 9.53 Å². The lowest BCUT2D eigenvalue weighted by molar-refractivity contribution is -0.115. The van der Waals surface area contributed by atoms with E-state index in [9.17, 15) is 4.79 Å². The van der Waals surface area contributed by atoms with Gasteiger partial charge in [0.25, 0.3) is 0 Å². The largest absolute Gasteiger partial charge is 0.380 e. The van der Waals surface area contributed by atoms with Crippen molar-refractivity contribution in [2.75, 3.05) is 25.1 Å². The van der Waals surface area contributed by atoms with Crippen molar-refractivity contribution in [1.29, 1.82) is 0 Å². The second-order valence-corrected chi connectivity index (χ2v) is 4.44. The molecule has 2 N–H and O–H groups in total. The Labute approximate surface area is 113 Å². The highest BCUT2D eigenvalue weighted by Gasteiger charge is 2.06. The third-order valence-corrected chi connectivity index (χ3v) is 2.53. The Bertz CT molecular complexity index is 385. The minimum absolute atomic E-state index is 0.0967. The van der Waals surface area contributed by atoms with Gasteiger partial charge in [0.2, 0.25) is 5.91 Å². The van der Waals surface area contributed by atoms with Gasteiger partial charge < -0.3 is 15.4 Å². The lowest BCUT2D eigenvalue weighted by Crippen LogP contribution is -2.37. The van der Waals surface area contributed by atoms with Crippen molar-refractivity contribution in [1.82, 2.24) is 5.32 Å². The molecule has 0 saturated heterocycles. The summed E-state index contributed by atoms with van der Waals surface area (Å²) in [6.07, 6.45) is 0. The molecular weight excluding hydrogens is 252 g/mol. The first-order chi connectivity index (χ1) is 8.61. The molecule has 0 aliphatic rings. The first-order valence-corrected chi connectivity index (χ1v) is 6.36. The Morgan fingerprint density at radius 2 is 2.28 bits per heavy atom. The highest BCUT2D eigenvalue weighted by molar-refractivity contribution is 6.30. The van der Waals surface area contributed by atoms with Gasteiger partial charge in [-0.2, -0.15) is 0 Å². The molecule has 0 spiro atoms. The van der Waals surface area contributed by atoms with Crippen molar-refractivity contribution in [2.24, 2.45) is 0 Å². The minimum atomic E-state index is -0.0967. The summed E-state index contributed by atoms with van der Waals surface area (Å²) < 4.78 is 5.25. The smallest absolute Gasteiger partial charge is 0.238 e. The number of hydrogen-bond donors (Lipinski definition) is 2. The molecule has 1 amide bonds. The van der Waals surface area contributed by atoms with Crippen LogP contribution >= 0.6 is 11.6 Å². The van der Waals surface area contributed by atoms with Gasteiger partial charge in [-0.05, 0) is 32.0 Å². The minimum Gasteiger partial charge on any atom is -0.380 e. The SMILES string of the molecule is CCOCC(C)NCC(=O)Nc1cccc(Cl)c1. The van der Waals surface area contributed by atoms with E-state index in [4.69, 9.17) is 16.3 Å². The van der Waals surface area contributed by atoms with E-state index in [-0.39, 0.29) is 18.5 Å². The average Bonchev–Trinajstić information content (AvgIpc) is 2.34. The van der Waals surface area contributed by atoms with Crippen molar-refractivity contribution in [3.05, 3.63) is 29.3 Å². The Kier molecular flexibility index (Phi) is 6.72. The molecule has 0 aliphatic heterocycles. The van der Waals surface area contributed by atoms with Crippen LogP contribution in [0.15, 0.2) is 24.3 Å². The predicted molar refractivity (Wildman–Crippen MR) is 74.0 cm³/mol. The van der Waals surface area contributed by atoms with Crippen LogP contribution in [0.1, 0.15) is 13.8 Å². The lowest BCUT2D eigenvalue weighted by atomic mass is 10.3. The zero-order chi connectivity index (χ0) is 13.4. The molecule has 0 heterocycles. The van der Waals surface area contributed by atoms with Crippen LogP contribution in [0.2, 0.25) is 5.02 Å². The number of halogens is 1. The van der Waals surface area contributed by atoms with Gasteiger partial charge in [0.1, 0.15) is 0 Å². The molecular formula is C13H19ClN2O2. The molecule has 1 atom stereocenters. The zero-order valence-corrected chi connectivity index (χ0v) is 11.5. The van der Waals surface area contributed by atoms with E-state index in [1.165, 1.54) is 0 Å². The van der Waals surface area contributed by atoms with Crippen LogP contribution in [0.25, 0.3) is 0 Å². The number of ether oxygens (including phenoxy) is 1. The molecule has 18 heavy (non-hydrogen) atoms. The zero-order valence-electron chi connectivity index (χ0n) is 10.7. The standard InChI is InChI=1S/C13H19ClN2O2/c1-3-18-9-10(2)15-8-13(17)16-12-6-4-5-11(14)7-12/h4-7,10,15H,3,8-9H2,1-2H3,(H,16,17).